The summed E-state index contributed by atoms with van der Waals surface area (Å²) in [6, 6.07) is 13.8. The number of ether oxygens (including phenoxy) is 2. The summed E-state index contributed by atoms with van der Waals surface area (Å²) >= 11 is 0. The van der Waals surface area contributed by atoms with E-state index < -0.39 is 12.0 Å². The lowest BCUT2D eigenvalue weighted by Gasteiger charge is -2.15. The van der Waals surface area contributed by atoms with Gasteiger partial charge >= 0.3 is 5.97 Å². The highest BCUT2D eigenvalue weighted by molar-refractivity contribution is 5.88. The highest BCUT2D eigenvalue weighted by Crippen LogP contribution is 2.51. The first-order valence-corrected chi connectivity index (χ1v) is 8.82. The molecule has 2 N–H and O–H groups in total. The summed E-state index contributed by atoms with van der Waals surface area (Å²) in [6.45, 7) is 0. The molecular formula is C21H23NO5. The van der Waals surface area contributed by atoms with Crippen LogP contribution in [0.4, 0.5) is 0 Å². The smallest absolute Gasteiger partial charge is 0.326 e. The van der Waals surface area contributed by atoms with Gasteiger partial charge in [-0.05, 0) is 30.2 Å². The number of carboxylic acids is 1. The van der Waals surface area contributed by atoms with Crippen molar-refractivity contribution in [2.24, 2.45) is 5.92 Å². The first-order valence-electron chi connectivity index (χ1n) is 8.82. The summed E-state index contributed by atoms with van der Waals surface area (Å²) in [7, 11) is 3.17. The molecule has 3 rings (SSSR count). The Kier molecular flexibility index (Phi) is 5.64. The fourth-order valence-corrected chi connectivity index (χ4v) is 3.29. The number of rotatable bonds is 8. The van der Waals surface area contributed by atoms with Crippen LogP contribution in [0.3, 0.4) is 0 Å². The Morgan fingerprint density at radius 2 is 1.89 bits per heavy atom. The van der Waals surface area contributed by atoms with Crippen molar-refractivity contribution in [2.75, 3.05) is 14.2 Å². The van der Waals surface area contributed by atoms with Gasteiger partial charge in [-0.25, -0.2) is 4.79 Å². The molecule has 0 spiro atoms. The maximum absolute atomic E-state index is 12.6. The molecule has 27 heavy (non-hydrogen) atoms. The van der Waals surface area contributed by atoms with Crippen molar-refractivity contribution in [3.63, 3.8) is 0 Å². The molecule has 1 aliphatic rings. The molecule has 6 nitrogen and oxygen atoms in total. The van der Waals surface area contributed by atoms with Gasteiger partial charge in [0.25, 0.3) is 0 Å². The van der Waals surface area contributed by atoms with Crippen LogP contribution in [0.5, 0.6) is 11.5 Å². The van der Waals surface area contributed by atoms with Crippen molar-refractivity contribution in [3.8, 4) is 11.5 Å². The maximum atomic E-state index is 12.6. The third-order valence-electron chi connectivity index (χ3n) is 4.86. The molecular weight excluding hydrogens is 346 g/mol. The van der Waals surface area contributed by atoms with E-state index >= 15 is 0 Å². The number of benzene rings is 2. The van der Waals surface area contributed by atoms with Gasteiger partial charge in [-0.2, -0.15) is 0 Å². The molecule has 1 amide bonds. The molecule has 0 radical (unpaired) electrons. The minimum Gasteiger partial charge on any atom is -0.497 e. The lowest BCUT2D eigenvalue weighted by Crippen LogP contribution is -2.43. The van der Waals surface area contributed by atoms with E-state index in [4.69, 9.17) is 9.47 Å². The van der Waals surface area contributed by atoms with Crippen molar-refractivity contribution in [1.29, 1.82) is 0 Å². The van der Waals surface area contributed by atoms with Crippen molar-refractivity contribution in [1.82, 2.24) is 5.32 Å². The minimum atomic E-state index is -1.04. The van der Waals surface area contributed by atoms with Crippen LogP contribution < -0.4 is 14.8 Å². The summed E-state index contributed by atoms with van der Waals surface area (Å²) in [6.07, 6.45) is 0.912. The maximum Gasteiger partial charge on any atom is 0.326 e. The number of amides is 1. The second kappa shape index (κ2) is 8.12. The van der Waals surface area contributed by atoms with E-state index in [1.54, 1.807) is 20.3 Å². The zero-order valence-corrected chi connectivity index (χ0v) is 15.3. The summed E-state index contributed by atoms with van der Waals surface area (Å²) in [5, 5.41) is 12.1. The highest BCUT2D eigenvalue weighted by Gasteiger charge is 2.46. The van der Waals surface area contributed by atoms with E-state index in [-0.39, 0.29) is 24.2 Å². The zero-order chi connectivity index (χ0) is 19.4. The number of carbonyl (C=O) groups excluding carboxylic acids is 1. The van der Waals surface area contributed by atoms with Crippen molar-refractivity contribution >= 4 is 11.9 Å². The van der Waals surface area contributed by atoms with E-state index in [1.807, 2.05) is 42.5 Å². The van der Waals surface area contributed by atoms with Gasteiger partial charge in [0.05, 0.1) is 14.2 Å². The van der Waals surface area contributed by atoms with Crippen molar-refractivity contribution in [2.45, 2.75) is 24.8 Å². The third-order valence-corrected chi connectivity index (χ3v) is 4.86. The number of carboxylic acid groups (broad SMARTS) is 1. The normalized spacial score (nSPS) is 19.0. The Hall–Kier alpha value is -3.02. The largest absolute Gasteiger partial charge is 0.497 e. The Morgan fingerprint density at radius 1 is 1.15 bits per heavy atom. The van der Waals surface area contributed by atoms with Crippen LogP contribution in [0.15, 0.2) is 48.5 Å². The molecule has 1 aliphatic carbocycles. The van der Waals surface area contributed by atoms with Gasteiger partial charge < -0.3 is 19.9 Å². The van der Waals surface area contributed by atoms with E-state index in [0.29, 0.717) is 17.9 Å². The highest BCUT2D eigenvalue weighted by atomic mass is 16.5. The average molecular weight is 369 g/mol. The van der Waals surface area contributed by atoms with Gasteiger partial charge in [-0.15, -0.1) is 0 Å². The Bertz CT molecular complexity index is 821. The monoisotopic (exact) mass is 369 g/mol. The molecule has 6 heteroatoms. The van der Waals surface area contributed by atoms with E-state index in [2.05, 4.69) is 5.32 Å². The molecule has 0 heterocycles. The average Bonchev–Trinajstić information content (AvgIpc) is 3.48. The summed E-state index contributed by atoms with van der Waals surface area (Å²) in [5.74, 6) is -0.138. The number of hydrogen-bond donors (Lipinski definition) is 2. The van der Waals surface area contributed by atoms with E-state index in [0.717, 1.165) is 11.1 Å². The first kappa shape index (κ1) is 18.8. The van der Waals surface area contributed by atoms with Gasteiger partial charge in [0.2, 0.25) is 5.91 Å². The molecule has 3 atom stereocenters. The zero-order valence-electron chi connectivity index (χ0n) is 15.3. The van der Waals surface area contributed by atoms with Crippen molar-refractivity contribution < 1.29 is 24.2 Å². The van der Waals surface area contributed by atoms with Gasteiger partial charge in [0, 0.05) is 23.8 Å². The van der Waals surface area contributed by atoms with Crippen LogP contribution in [-0.2, 0) is 16.0 Å². The van der Waals surface area contributed by atoms with E-state index in [9.17, 15) is 14.7 Å². The quantitative estimate of drug-likeness (QED) is 0.747. The van der Waals surface area contributed by atoms with Gasteiger partial charge in [-0.1, -0.05) is 30.3 Å². The first-order chi connectivity index (χ1) is 13.0. The third kappa shape index (κ3) is 4.39. The number of methoxy groups -OCH3 is 2. The number of carbonyl (C=O) groups is 2. The molecule has 142 valence electrons. The lowest BCUT2D eigenvalue weighted by molar-refractivity contribution is -0.142. The minimum absolute atomic E-state index is 0.00113. The van der Waals surface area contributed by atoms with Crippen LogP contribution in [0.2, 0.25) is 0 Å². The number of hydrogen-bond acceptors (Lipinski definition) is 4. The predicted molar refractivity (Wildman–Crippen MR) is 100 cm³/mol. The molecule has 0 aliphatic heterocycles. The molecule has 0 saturated heterocycles. The summed E-state index contributed by atoms with van der Waals surface area (Å²) in [4.78, 5) is 24.2. The summed E-state index contributed by atoms with van der Waals surface area (Å²) < 4.78 is 10.6. The van der Waals surface area contributed by atoms with Crippen LogP contribution in [-0.4, -0.2) is 37.2 Å². The topological polar surface area (TPSA) is 84.9 Å². The molecule has 0 bridgehead atoms. The fraction of sp³-hybridized carbons (Fsp3) is 0.333. The standard InChI is InChI=1S/C21H23NO5/c1-26-14-8-9-19(27-2)16(11-14)15-12-17(15)20(23)22-18(21(24)25)10-13-6-4-3-5-7-13/h3-9,11,15,17-18H,10,12H2,1-2H3,(H,22,23)(H,24,25)/t15?,17?,18-/m0/s1. The fourth-order valence-electron chi connectivity index (χ4n) is 3.29. The Balaban J connectivity index is 1.68. The van der Waals surface area contributed by atoms with Gasteiger partial charge in [0.1, 0.15) is 17.5 Å². The summed E-state index contributed by atoms with van der Waals surface area (Å²) in [5.41, 5.74) is 1.78. The molecule has 1 fully saturated rings. The van der Waals surface area contributed by atoms with Crippen LogP contribution in [0.1, 0.15) is 23.5 Å². The second-order valence-corrected chi connectivity index (χ2v) is 6.65. The van der Waals surface area contributed by atoms with Crippen molar-refractivity contribution in [3.05, 3.63) is 59.7 Å². The number of nitrogens with one attached hydrogen (secondary N) is 1. The van der Waals surface area contributed by atoms with Crippen LogP contribution >= 0.6 is 0 Å². The Morgan fingerprint density at radius 3 is 2.52 bits per heavy atom. The molecule has 2 aromatic carbocycles. The second-order valence-electron chi connectivity index (χ2n) is 6.65. The van der Waals surface area contributed by atoms with Crippen LogP contribution in [0.25, 0.3) is 0 Å². The van der Waals surface area contributed by atoms with E-state index in [1.165, 1.54) is 0 Å². The molecule has 0 aromatic heterocycles. The molecule has 2 aromatic rings. The Labute approximate surface area is 158 Å². The predicted octanol–water partition coefficient (Wildman–Crippen LogP) is 2.62. The van der Waals surface area contributed by atoms with Crippen LogP contribution in [0, 0.1) is 5.92 Å². The van der Waals surface area contributed by atoms with Gasteiger partial charge in [0.15, 0.2) is 0 Å². The SMILES string of the molecule is COc1ccc(OC)c(C2CC2C(=O)N[C@@H](Cc2ccccc2)C(=O)O)c1. The number of aliphatic carboxylic acids is 1. The lowest BCUT2D eigenvalue weighted by atomic mass is 10.0. The molecule has 1 saturated carbocycles. The molecule has 2 unspecified atom stereocenters. The van der Waals surface area contributed by atoms with Gasteiger partial charge in [-0.3, -0.25) is 4.79 Å².